The van der Waals surface area contributed by atoms with Gasteiger partial charge >= 0.3 is 0 Å². The summed E-state index contributed by atoms with van der Waals surface area (Å²) in [7, 11) is 0. The molecule has 1 amide bonds. The van der Waals surface area contributed by atoms with E-state index in [0.717, 1.165) is 5.69 Å². The Hall–Kier alpha value is -2.22. The largest absolute Gasteiger partial charge is 0.352 e. The molecule has 0 unspecified atom stereocenters. The summed E-state index contributed by atoms with van der Waals surface area (Å²) in [5.41, 5.74) is 1.03. The maximum absolute atomic E-state index is 11.9. The lowest BCUT2D eigenvalue weighted by Crippen LogP contribution is -2.25. The first-order chi connectivity index (χ1) is 9.58. The summed E-state index contributed by atoms with van der Waals surface area (Å²) in [6.07, 6.45) is 3.86. The number of halogens is 1. The molecule has 1 aromatic carbocycles. The third-order valence-corrected chi connectivity index (χ3v) is 3.31. The summed E-state index contributed by atoms with van der Waals surface area (Å²) in [5.74, 6) is -0.347. The van der Waals surface area contributed by atoms with E-state index in [4.69, 9.17) is 0 Å². The Morgan fingerprint density at radius 1 is 1.50 bits per heavy atom. The number of hydrogen-bond donors (Lipinski definition) is 2. The van der Waals surface area contributed by atoms with Gasteiger partial charge in [-0.05, 0) is 28.1 Å². The zero-order valence-electron chi connectivity index (χ0n) is 10.3. The quantitative estimate of drug-likeness (QED) is 0.643. The second-order valence-electron chi connectivity index (χ2n) is 4.01. The van der Waals surface area contributed by atoms with Crippen LogP contribution in [0.1, 0.15) is 16.1 Å². The van der Waals surface area contributed by atoms with Gasteiger partial charge in [0.25, 0.3) is 11.6 Å². The number of nitro benzene ring substituents is 1. The van der Waals surface area contributed by atoms with Crippen LogP contribution in [0.15, 0.2) is 35.2 Å². The number of amides is 1. The molecule has 2 N–H and O–H groups in total. The van der Waals surface area contributed by atoms with Gasteiger partial charge in [-0.1, -0.05) is 0 Å². The molecular formula is C12H11BrN4O3. The van der Waals surface area contributed by atoms with Gasteiger partial charge in [0.05, 0.1) is 15.7 Å². The van der Waals surface area contributed by atoms with Crippen LogP contribution in [0, 0.1) is 10.1 Å². The van der Waals surface area contributed by atoms with Gasteiger partial charge in [-0.15, -0.1) is 0 Å². The smallest absolute Gasteiger partial charge is 0.284 e. The topological polar surface area (TPSA) is 101 Å². The van der Waals surface area contributed by atoms with Crippen molar-refractivity contribution in [3.63, 3.8) is 0 Å². The summed E-state index contributed by atoms with van der Waals surface area (Å²) in [6, 6.07) is 4.26. The highest BCUT2D eigenvalue weighted by Gasteiger charge is 2.15. The van der Waals surface area contributed by atoms with Crippen LogP contribution in [-0.2, 0) is 6.42 Å². The molecule has 20 heavy (non-hydrogen) atoms. The number of rotatable bonds is 5. The molecule has 8 heteroatoms. The number of hydrogen-bond acceptors (Lipinski definition) is 4. The molecule has 0 aliphatic heterocycles. The Labute approximate surface area is 122 Å². The van der Waals surface area contributed by atoms with E-state index in [2.05, 4.69) is 31.2 Å². The van der Waals surface area contributed by atoms with E-state index in [0.29, 0.717) is 17.4 Å². The summed E-state index contributed by atoms with van der Waals surface area (Å²) < 4.78 is 0.344. The van der Waals surface area contributed by atoms with E-state index in [9.17, 15) is 14.9 Å². The van der Waals surface area contributed by atoms with Crippen LogP contribution >= 0.6 is 15.9 Å². The number of carbonyl (C=O) groups excluding carboxylic acids is 1. The van der Waals surface area contributed by atoms with Crippen molar-refractivity contribution in [3.8, 4) is 0 Å². The standard InChI is InChI=1S/C12H11BrN4O3/c13-10-2-1-8(5-11(10)17(19)20)12(18)15-4-3-9-6-14-7-16-9/h1-2,5-7H,3-4H2,(H,14,16)(H,15,18). The molecule has 0 aliphatic carbocycles. The van der Waals surface area contributed by atoms with Crippen molar-refractivity contribution < 1.29 is 9.72 Å². The lowest BCUT2D eigenvalue weighted by atomic mass is 10.2. The Morgan fingerprint density at radius 3 is 2.95 bits per heavy atom. The van der Waals surface area contributed by atoms with Gasteiger partial charge in [-0.3, -0.25) is 14.9 Å². The molecule has 0 radical (unpaired) electrons. The molecular weight excluding hydrogens is 328 g/mol. The van der Waals surface area contributed by atoms with E-state index in [-0.39, 0.29) is 17.2 Å². The molecule has 1 heterocycles. The van der Waals surface area contributed by atoms with E-state index in [1.807, 2.05) is 0 Å². The van der Waals surface area contributed by atoms with Gasteiger partial charge in [0.15, 0.2) is 0 Å². The molecule has 0 saturated carbocycles. The highest BCUT2D eigenvalue weighted by atomic mass is 79.9. The fourth-order valence-corrected chi connectivity index (χ4v) is 2.02. The number of nitrogens with zero attached hydrogens (tertiary/aromatic N) is 2. The van der Waals surface area contributed by atoms with E-state index in [1.54, 1.807) is 12.5 Å². The molecule has 0 saturated heterocycles. The van der Waals surface area contributed by atoms with Gasteiger partial charge in [-0.25, -0.2) is 4.98 Å². The average Bonchev–Trinajstić information content (AvgIpc) is 2.92. The molecule has 1 aromatic heterocycles. The summed E-state index contributed by atoms with van der Waals surface area (Å²) in [5, 5.41) is 13.5. The number of aromatic nitrogens is 2. The molecule has 104 valence electrons. The second kappa shape index (κ2) is 6.29. The van der Waals surface area contributed by atoms with Gasteiger partial charge in [-0.2, -0.15) is 0 Å². The Kier molecular flexibility index (Phi) is 4.46. The minimum absolute atomic E-state index is 0.133. The molecule has 0 atom stereocenters. The van der Waals surface area contributed by atoms with Crippen molar-refractivity contribution in [2.24, 2.45) is 0 Å². The van der Waals surface area contributed by atoms with Crippen LogP contribution in [-0.4, -0.2) is 27.3 Å². The van der Waals surface area contributed by atoms with Crippen LogP contribution < -0.4 is 5.32 Å². The van der Waals surface area contributed by atoms with Crippen LogP contribution in [0.2, 0.25) is 0 Å². The predicted molar refractivity (Wildman–Crippen MR) is 75.4 cm³/mol. The zero-order valence-corrected chi connectivity index (χ0v) is 11.9. The monoisotopic (exact) mass is 338 g/mol. The number of nitrogens with one attached hydrogen (secondary N) is 2. The minimum atomic E-state index is -0.536. The van der Waals surface area contributed by atoms with Crippen molar-refractivity contribution in [1.29, 1.82) is 0 Å². The third kappa shape index (κ3) is 3.41. The van der Waals surface area contributed by atoms with Gasteiger partial charge in [0.1, 0.15) is 0 Å². The molecule has 2 aromatic rings. The first kappa shape index (κ1) is 14.2. The maximum Gasteiger partial charge on any atom is 0.284 e. The van der Waals surface area contributed by atoms with E-state index >= 15 is 0 Å². The summed E-state index contributed by atoms with van der Waals surface area (Å²) in [6.45, 7) is 0.422. The first-order valence-corrected chi connectivity index (χ1v) is 6.56. The normalized spacial score (nSPS) is 10.2. The zero-order chi connectivity index (χ0) is 14.5. The van der Waals surface area contributed by atoms with Crippen LogP contribution in [0.25, 0.3) is 0 Å². The average molecular weight is 339 g/mol. The number of imidazole rings is 1. The van der Waals surface area contributed by atoms with Crippen molar-refractivity contribution in [3.05, 3.63) is 56.6 Å². The second-order valence-corrected chi connectivity index (χ2v) is 4.86. The molecule has 7 nitrogen and oxygen atoms in total. The lowest BCUT2D eigenvalue weighted by Gasteiger charge is -2.05. The fraction of sp³-hybridized carbons (Fsp3) is 0.167. The van der Waals surface area contributed by atoms with Crippen molar-refractivity contribution in [1.82, 2.24) is 15.3 Å². The lowest BCUT2D eigenvalue weighted by molar-refractivity contribution is -0.385. The number of aromatic amines is 1. The fourth-order valence-electron chi connectivity index (χ4n) is 1.63. The maximum atomic E-state index is 11.9. The van der Waals surface area contributed by atoms with Gasteiger partial charge < -0.3 is 10.3 Å². The summed E-state index contributed by atoms with van der Waals surface area (Å²) in [4.78, 5) is 28.9. The van der Waals surface area contributed by atoms with Crippen LogP contribution in [0.5, 0.6) is 0 Å². The molecule has 0 fully saturated rings. The third-order valence-electron chi connectivity index (χ3n) is 2.64. The Balaban J connectivity index is 1.98. The first-order valence-electron chi connectivity index (χ1n) is 5.77. The predicted octanol–water partition coefficient (Wildman–Crippen LogP) is 2.05. The molecule has 2 rings (SSSR count). The van der Waals surface area contributed by atoms with E-state index in [1.165, 1.54) is 18.2 Å². The van der Waals surface area contributed by atoms with Crippen molar-refractivity contribution in [2.45, 2.75) is 6.42 Å². The Morgan fingerprint density at radius 2 is 2.30 bits per heavy atom. The number of benzene rings is 1. The highest BCUT2D eigenvalue weighted by Crippen LogP contribution is 2.25. The number of carbonyl (C=O) groups is 1. The van der Waals surface area contributed by atoms with Crippen molar-refractivity contribution >= 4 is 27.5 Å². The minimum Gasteiger partial charge on any atom is -0.352 e. The van der Waals surface area contributed by atoms with Gasteiger partial charge in [0, 0.05) is 36.5 Å². The number of nitro groups is 1. The summed E-state index contributed by atoms with van der Waals surface area (Å²) >= 11 is 3.07. The highest BCUT2D eigenvalue weighted by molar-refractivity contribution is 9.10. The molecule has 0 aliphatic rings. The van der Waals surface area contributed by atoms with Crippen molar-refractivity contribution in [2.75, 3.05) is 6.54 Å². The van der Waals surface area contributed by atoms with E-state index < -0.39 is 4.92 Å². The molecule has 0 bridgehead atoms. The SMILES string of the molecule is O=C(NCCc1cnc[nH]1)c1ccc(Br)c([N+](=O)[O-])c1. The number of H-pyrrole nitrogens is 1. The van der Waals surface area contributed by atoms with Gasteiger partial charge in [0.2, 0.25) is 0 Å². The van der Waals surface area contributed by atoms with Crippen LogP contribution in [0.3, 0.4) is 0 Å². The Bertz CT molecular complexity index is 628. The molecule has 0 spiro atoms. The van der Waals surface area contributed by atoms with Crippen LogP contribution in [0.4, 0.5) is 5.69 Å².